The lowest BCUT2D eigenvalue weighted by atomic mass is 10.1. The lowest BCUT2D eigenvalue weighted by Gasteiger charge is -2.33. The molecule has 2 heterocycles. The summed E-state index contributed by atoms with van der Waals surface area (Å²) in [5, 5.41) is 8.28. The molecular formula is C20H26N4O2. The Kier molecular flexibility index (Phi) is 5.29. The highest BCUT2D eigenvalue weighted by molar-refractivity contribution is 5.76. The van der Waals surface area contributed by atoms with E-state index in [-0.39, 0.29) is 12.5 Å². The fraction of sp³-hybridized carbons (Fsp3) is 0.550. The molecule has 1 aliphatic carbocycles. The zero-order chi connectivity index (χ0) is 17.8. The highest BCUT2D eigenvalue weighted by Gasteiger charge is 2.26. The Balaban J connectivity index is 1.27. The van der Waals surface area contributed by atoms with Gasteiger partial charge in [-0.25, -0.2) is 4.68 Å². The van der Waals surface area contributed by atoms with Gasteiger partial charge in [0.1, 0.15) is 12.2 Å². The average Bonchev–Trinajstić information content (AvgIpc) is 3.35. The number of benzene rings is 1. The van der Waals surface area contributed by atoms with Crippen LogP contribution in [0.25, 0.3) is 11.3 Å². The molecule has 0 bridgehead atoms. The van der Waals surface area contributed by atoms with E-state index < -0.39 is 0 Å². The Bertz CT molecular complexity index is 716. The minimum absolute atomic E-state index is 0.105. The summed E-state index contributed by atoms with van der Waals surface area (Å²) in [5.74, 6) is 0.105. The molecule has 1 saturated carbocycles. The van der Waals surface area contributed by atoms with Gasteiger partial charge in [0.25, 0.3) is 0 Å². The Morgan fingerprint density at radius 2 is 1.73 bits per heavy atom. The van der Waals surface area contributed by atoms with Gasteiger partial charge >= 0.3 is 0 Å². The van der Waals surface area contributed by atoms with Crippen molar-refractivity contribution in [2.45, 2.75) is 57.3 Å². The Morgan fingerprint density at radius 1 is 1.04 bits per heavy atom. The monoisotopic (exact) mass is 354 g/mol. The molecule has 1 saturated heterocycles. The zero-order valence-electron chi connectivity index (χ0n) is 15.1. The predicted octanol–water partition coefficient (Wildman–Crippen LogP) is 2.90. The number of hydrogen-bond acceptors (Lipinski definition) is 4. The van der Waals surface area contributed by atoms with Crippen molar-refractivity contribution in [1.29, 1.82) is 0 Å². The van der Waals surface area contributed by atoms with Gasteiger partial charge in [0.2, 0.25) is 5.91 Å². The molecule has 2 fully saturated rings. The lowest BCUT2D eigenvalue weighted by molar-refractivity contribution is -0.135. The van der Waals surface area contributed by atoms with Crippen LogP contribution in [0.4, 0.5) is 0 Å². The minimum atomic E-state index is 0.105. The largest absolute Gasteiger partial charge is 0.375 e. The van der Waals surface area contributed by atoms with Crippen molar-refractivity contribution in [2.24, 2.45) is 0 Å². The standard InChI is InChI=1S/C20H26N4O2/c25-20(15-24-14-19(21-22-24)16-6-2-1-3-7-16)23-12-10-18(11-13-23)26-17-8-4-5-9-17/h1-3,6-7,14,17-18H,4-5,8-13,15H2. The van der Waals surface area contributed by atoms with Gasteiger partial charge in [-0.3, -0.25) is 4.79 Å². The van der Waals surface area contributed by atoms with Gasteiger partial charge < -0.3 is 9.64 Å². The summed E-state index contributed by atoms with van der Waals surface area (Å²) in [4.78, 5) is 14.5. The molecule has 0 N–H and O–H groups in total. The average molecular weight is 354 g/mol. The fourth-order valence-corrected chi connectivity index (χ4v) is 3.89. The summed E-state index contributed by atoms with van der Waals surface area (Å²) in [7, 11) is 0. The van der Waals surface area contributed by atoms with Gasteiger partial charge in [-0.05, 0) is 25.7 Å². The molecule has 6 nitrogen and oxygen atoms in total. The highest BCUT2D eigenvalue weighted by Crippen LogP contribution is 2.25. The van der Waals surface area contributed by atoms with E-state index in [0.717, 1.165) is 37.2 Å². The number of hydrogen-bond donors (Lipinski definition) is 0. The fourth-order valence-electron chi connectivity index (χ4n) is 3.89. The molecule has 0 spiro atoms. The number of piperidine rings is 1. The maximum absolute atomic E-state index is 12.6. The Labute approximate surface area is 154 Å². The van der Waals surface area contributed by atoms with Crippen LogP contribution < -0.4 is 0 Å². The van der Waals surface area contributed by atoms with Gasteiger partial charge in [-0.15, -0.1) is 5.10 Å². The molecule has 0 unspecified atom stereocenters. The number of carbonyl (C=O) groups is 1. The molecular weight excluding hydrogens is 328 g/mol. The summed E-state index contributed by atoms with van der Waals surface area (Å²) in [6.45, 7) is 1.79. The molecule has 1 aromatic carbocycles. The molecule has 138 valence electrons. The van der Waals surface area contributed by atoms with E-state index in [9.17, 15) is 4.79 Å². The molecule has 1 aliphatic heterocycles. The SMILES string of the molecule is O=C(Cn1cc(-c2ccccc2)nn1)N1CCC(OC2CCCC2)CC1. The first kappa shape index (κ1) is 17.2. The molecule has 1 aromatic heterocycles. The maximum atomic E-state index is 12.6. The Morgan fingerprint density at radius 3 is 2.46 bits per heavy atom. The van der Waals surface area contributed by atoms with Crippen LogP contribution in [0.3, 0.4) is 0 Å². The summed E-state index contributed by atoms with van der Waals surface area (Å²) in [5.41, 5.74) is 1.80. The van der Waals surface area contributed by atoms with Crippen molar-refractivity contribution in [3.63, 3.8) is 0 Å². The molecule has 0 atom stereocenters. The third-order valence-electron chi connectivity index (χ3n) is 5.39. The number of ether oxygens (including phenoxy) is 1. The second-order valence-electron chi connectivity index (χ2n) is 7.29. The molecule has 4 rings (SSSR count). The quantitative estimate of drug-likeness (QED) is 0.828. The van der Waals surface area contributed by atoms with Crippen LogP contribution in [0.15, 0.2) is 36.5 Å². The lowest BCUT2D eigenvalue weighted by Crippen LogP contribution is -2.43. The Hall–Kier alpha value is -2.21. The molecule has 1 amide bonds. The van der Waals surface area contributed by atoms with Crippen LogP contribution in [0.5, 0.6) is 0 Å². The number of carbonyl (C=O) groups excluding carboxylic acids is 1. The van der Waals surface area contributed by atoms with Crippen LogP contribution in [0, 0.1) is 0 Å². The van der Waals surface area contributed by atoms with Crippen molar-refractivity contribution >= 4 is 5.91 Å². The zero-order valence-corrected chi connectivity index (χ0v) is 15.1. The molecule has 2 aliphatic rings. The summed E-state index contributed by atoms with van der Waals surface area (Å²) in [6, 6.07) is 9.89. The van der Waals surface area contributed by atoms with E-state index in [4.69, 9.17) is 4.74 Å². The van der Waals surface area contributed by atoms with E-state index in [1.54, 1.807) is 4.68 Å². The second-order valence-corrected chi connectivity index (χ2v) is 7.29. The third kappa shape index (κ3) is 4.12. The molecule has 0 radical (unpaired) electrons. The van der Waals surface area contributed by atoms with E-state index >= 15 is 0 Å². The summed E-state index contributed by atoms with van der Waals surface area (Å²) < 4.78 is 7.82. The number of rotatable bonds is 5. The maximum Gasteiger partial charge on any atom is 0.244 e. The van der Waals surface area contributed by atoms with Crippen LogP contribution in [-0.2, 0) is 16.1 Å². The second kappa shape index (κ2) is 7.99. The van der Waals surface area contributed by atoms with Crippen molar-refractivity contribution < 1.29 is 9.53 Å². The van der Waals surface area contributed by atoms with Crippen LogP contribution in [0.1, 0.15) is 38.5 Å². The van der Waals surface area contributed by atoms with Crippen LogP contribution >= 0.6 is 0 Å². The number of nitrogens with zero attached hydrogens (tertiary/aromatic N) is 4. The summed E-state index contributed by atoms with van der Waals surface area (Å²) >= 11 is 0. The van der Waals surface area contributed by atoms with Crippen LogP contribution in [0.2, 0.25) is 0 Å². The smallest absolute Gasteiger partial charge is 0.244 e. The molecule has 6 heteroatoms. The summed E-state index contributed by atoms with van der Waals surface area (Å²) in [6.07, 6.45) is 9.49. The van der Waals surface area contributed by atoms with E-state index in [0.29, 0.717) is 12.2 Å². The van der Waals surface area contributed by atoms with Gasteiger partial charge in [-0.2, -0.15) is 0 Å². The number of amides is 1. The van der Waals surface area contributed by atoms with Crippen molar-refractivity contribution in [3.8, 4) is 11.3 Å². The van der Waals surface area contributed by atoms with Gasteiger partial charge in [0, 0.05) is 18.7 Å². The van der Waals surface area contributed by atoms with Crippen LogP contribution in [-0.4, -0.2) is 51.1 Å². The normalized spacial score (nSPS) is 19.2. The molecule has 2 aromatic rings. The first-order valence-electron chi connectivity index (χ1n) is 9.67. The molecule has 26 heavy (non-hydrogen) atoms. The van der Waals surface area contributed by atoms with E-state index in [1.165, 1.54) is 25.7 Å². The minimum Gasteiger partial charge on any atom is -0.375 e. The topological polar surface area (TPSA) is 60.2 Å². The highest BCUT2D eigenvalue weighted by atomic mass is 16.5. The third-order valence-corrected chi connectivity index (χ3v) is 5.39. The van der Waals surface area contributed by atoms with Gasteiger partial charge in [0.05, 0.1) is 18.4 Å². The first-order valence-corrected chi connectivity index (χ1v) is 9.67. The first-order chi connectivity index (χ1) is 12.8. The number of aromatic nitrogens is 3. The number of likely N-dealkylation sites (tertiary alicyclic amines) is 1. The van der Waals surface area contributed by atoms with Crippen molar-refractivity contribution in [2.75, 3.05) is 13.1 Å². The predicted molar refractivity (Wildman–Crippen MR) is 98.4 cm³/mol. The van der Waals surface area contributed by atoms with Gasteiger partial charge in [-0.1, -0.05) is 48.4 Å². The van der Waals surface area contributed by atoms with E-state index in [1.807, 2.05) is 41.4 Å². The van der Waals surface area contributed by atoms with Gasteiger partial charge in [0.15, 0.2) is 0 Å². The van der Waals surface area contributed by atoms with Crippen molar-refractivity contribution in [1.82, 2.24) is 19.9 Å². The van der Waals surface area contributed by atoms with Crippen molar-refractivity contribution in [3.05, 3.63) is 36.5 Å². The van der Waals surface area contributed by atoms with E-state index in [2.05, 4.69) is 10.3 Å².